The maximum Gasteiger partial charge on any atom is 0.407 e. The summed E-state index contributed by atoms with van der Waals surface area (Å²) >= 11 is 9.07. The molecule has 0 atom stereocenters. The van der Waals surface area contributed by atoms with Gasteiger partial charge in [0, 0.05) is 18.1 Å². The fourth-order valence-corrected chi connectivity index (χ4v) is 3.79. The van der Waals surface area contributed by atoms with Gasteiger partial charge in [-0.05, 0) is 80.7 Å². The number of alkyl carbamates (subject to hydrolysis) is 1. The molecule has 1 amide bonds. The van der Waals surface area contributed by atoms with Gasteiger partial charge in [0.1, 0.15) is 12.2 Å². The minimum absolute atomic E-state index is 0.191. The molecule has 1 saturated heterocycles. The molecule has 0 unspecified atom stereocenters. The molecule has 0 aromatic heterocycles. The molecule has 1 N–H and O–H groups in total. The van der Waals surface area contributed by atoms with Crippen molar-refractivity contribution in [3.05, 3.63) is 27.4 Å². The van der Waals surface area contributed by atoms with Crippen LogP contribution in [0.15, 0.2) is 16.6 Å². The van der Waals surface area contributed by atoms with E-state index in [0.717, 1.165) is 32.5 Å². The van der Waals surface area contributed by atoms with Gasteiger partial charge in [0.2, 0.25) is 0 Å². The summed E-state index contributed by atoms with van der Waals surface area (Å²) in [5.41, 5.74) is -0.480. The van der Waals surface area contributed by atoms with Crippen LogP contribution in [0.5, 0.6) is 5.75 Å². The van der Waals surface area contributed by atoms with Crippen LogP contribution in [-0.2, 0) is 4.74 Å². The second-order valence-corrected chi connectivity index (χ2v) is 9.01. The molecule has 0 spiro atoms. The Morgan fingerprint density at radius 3 is 2.63 bits per heavy atom. The van der Waals surface area contributed by atoms with Gasteiger partial charge in [0.15, 0.2) is 11.6 Å². The van der Waals surface area contributed by atoms with E-state index in [1.165, 1.54) is 6.07 Å². The lowest BCUT2D eigenvalue weighted by atomic mass is 9.97. The Bertz CT molecular complexity index is 623. The summed E-state index contributed by atoms with van der Waals surface area (Å²) in [5, 5.41) is 3.17. The molecular weight excluding hydrogens is 439 g/mol. The zero-order chi connectivity index (χ0) is 20.0. The van der Waals surface area contributed by atoms with Gasteiger partial charge in [-0.3, -0.25) is 4.90 Å². The molecule has 1 heterocycles. The maximum atomic E-state index is 13.9. The highest BCUT2D eigenvalue weighted by molar-refractivity contribution is 9.10. The van der Waals surface area contributed by atoms with Gasteiger partial charge in [-0.25, -0.2) is 9.18 Å². The predicted molar refractivity (Wildman–Crippen MR) is 108 cm³/mol. The van der Waals surface area contributed by atoms with E-state index in [9.17, 15) is 9.18 Å². The number of rotatable bonds is 6. The van der Waals surface area contributed by atoms with Gasteiger partial charge in [-0.1, -0.05) is 11.6 Å². The summed E-state index contributed by atoms with van der Waals surface area (Å²) in [6.45, 7) is 9.15. The number of nitrogens with one attached hydrogen (secondary N) is 1. The van der Waals surface area contributed by atoms with Gasteiger partial charge in [0.25, 0.3) is 0 Å². The zero-order valence-electron chi connectivity index (χ0n) is 16.0. The largest absolute Gasteiger partial charge is 0.488 e. The van der Waals surface area contributed by atoms with Crippen molar-refractivity contribution in [3.8, 4) is 5.75 Å². The first kappa shape index (κ1) is 22.2. The monoisotopic (exact) mass is 464 g/mol. The van der Waals surface area contributed by atoms with Crippen molar-refractivity contribution in [1.82, 2.24) is 10.2 Å². The van der Waals surface area contributed by atoms with E-state index in [-0.39, 0.29) is 11.8 Å². The molecule has 0 saturated carbocycles. The number of ether oxygens (including phenoxy) is 2. The number of hydrogen-bond donors (Lipinski definition) is 1. The Morgan fingerprint density at radius 1 is 1.37 bits per heavy atom. The van der Waals surface area contributed by atoms with Crippen molar-refractivity contribution in [2.45, 2.75) is 39.2 Å². The van der Waals surface area contributed by atoms with Crippen LogP contribution in [0.2, 0.25) is 5.02 Å². The average molecular weight is 466 g/mol. The summed E-state index contributed by atoms with van der Waals surface area (Å²) in [4.78, 5) is 14.0. The molecule has 1 aromatic carbocycles. The van der Waals surface area contributed by atoms with Crippen LogP contribution in [0.4, 0.5) is 9.18 Å². The van der Waals surface area contributed by atoms with E-state index < -0.39 is 11.4 Å². The normalized spacial score (nSPS) is 16.2. The smallest absolute Gasteiger partial charge is 0.407 e. The molecule has 5 nitrogen and oxygen atoms in total. The first-order valence-electron chi connectivity index (χ1n) is 9.10. The van der Waals surface area contributed by atoms with Crippen LogP contribution >= 0.6 is 27.5 Å². The van der Waals surface area contributed by atoms with Gasteiger partial charge >= 0.3 is 6.09 Å². The van der Waals surface area contributed by atoms with Crippen molar-refractivity contribution in [3.63, 3.8) is 0 Å². The number of halogens is 3. The minimum Gasteiger partial charge on any atom is -0.488 e. The van der Waals surface area contributed by atoms with E-state index in [1.807, 2.05) is 20.8 Å². The van der Waals surface area contributed by atoms with Crippen molar-refractivity contribution in [1.29, 1.82) is 0 Å². The Hall–Kier alpha value is -1.05. The van der Waals surface area contributed by atoms with Crippen LogP contribution < -0.4 is 10.1 Å². The Labute approximate surface area is 173 Å². The summed E-state index contributed by atoms with van der Waals surface area (Å²) in [7, 11) is 0. The highest BCUT2D eigenvalue weighted by Gasteiger charge is 2.21. The number of piperidine rings is 1. The van der Waals surface area contributed by atoms with Gasteiger partial charge in [0.05, 0.1) is 4.47 Å². The average Bonchev–Trinajstić information content (AvgIpc) is 2.55. The molecule has 2 rings (SSSR count). The van der Waals surface area contributed by atoms with Crippen molar-refractivity contribution >= 4 is 33.6 Å². The highest BCUT2D eigenvalue weighted by Crippen LogP contribution is 2.31. The van der Waals surface area contributed by atoms with Crippen LogP contribution in [0.3, 0.4) is 0 Å². The van der Waals surface area contributed by atoms with Crippen molar-refractivity contribution in [2.24, 2.45) is 5.92 Å². The standard InChI is InChI=1S/C19H27BrClFN2O3/c1-19(2,3)27-18(25)23-12-13-4-6-24(7-5-13)8-9-26-17-15(20)10-14(21)11-16(17)22/h10-11,13H,4-9,12H2,1-3H3,(H,23,25). The lowest BCUT2D eigenvalue weighted by Crippen LogP contribution is -2.41. The lowest BCUT2D eigenvalue weighted by Gasteiger charge is -2.32. The SMILES string of the molecule is CC(C)(C)OC(=O)NCC1CCN(CCOc2c(F)cc(Cl)cc2Br)CC1. The first-order valence-corrected chi connectivity index (χ1v) is 10.3. The number of benzene rings is 1. The number of likely N-dealkylation sites (tertiary alicyclic amines) is 1. The topological polar surface area (TPSA) is 50.8 Å². The third-order valence-corrected chi connectivity index (χ3v) is 5.07. The van der Waals surface area contributed by atoms with E-state index in [4.69, 9.17) is 21.1 Å². The van der Waals surface area contributed by atoms with E-state index in [0.29, 0.717) is 28.6 Å². The molecule has 8 heteroatoms. The third kappa shape index (κ3) is 7.84. The van der Waals surface area contributed by atoms with Crippen LogP contribution in [0, 0.1) is 11.7 Å². The summed E-state index contributed by atoms with van der Waals surface area (Å²) in [6, 6.07) is 2.86. The Balaban J connectivity index is 1.66. The second kappa shape index (κ2) is 9.94. The molecule has 0 aliphatic carbocycles. The number of hydrogen-bond acceptors (Lipinski definition) is 4. The molecule has 27 heavy (non-hydrogen) atoms. The minimum atomic E-state index is -0.480. The molecule has 1 aliphatic rings. The number of amides is 1. The van der Waals surface area contributed by atoms with E-state index >= 15 is 0 Å². The molecule has 1 aliphatic heterocycles. The van der Waals surface area contributed by atoms with Crippen LogP contribution in [-0.4, -0.2) is 49.4 Å². The number of nitrogens with zero attached hydrogens (tertiary/aromatic N) is 1. The van der Waals surface area contributed by atoms with Gasteiger partial charge in [-0.2, -0.15) is 0 Å². The molecule has 1 fully saturated rings. The summed E-state index contributed by atoms with van der Waals surface area (Å²) in [5.74, 6) is 0.162. The molecule has 1 aromatic rings. The van der Waals surface area contributed by atoms with Crippen molar-refractivity contribution < 1.29 is 18.7 Å². The molecule has 152 valence electrons. The number of carbonyl (C=O) groups is 1. The summed E-state index contributed by atoms with van der Waals surface area (Å²) in [6.07, 6.45) is 1.62. The summed E-state index contributed by atoms with van der Waals surface area (Å²) < 4.78 is 25.2. The third-order valence-electron chi connectivity index (χ3n) is 4.26. The molecule has 0 radical (unpaired) electrons. The predicted octanol–water partition coefficient (Wildman–Crippen LogP) is 4.86. The maximum absolute atomic E-state index is 13.9. The number of carbonyl (C=O) groups excluding carboxylic acids is 1. The zero-order valence-corrected chi connectivity index (χ0v) is 18.3. The van der Waals surface area contributed by atoms with Gasteiger partial charge in [-0.15, -0.1) is 0 Å². The molecule has 0 bridgehead atoms. The quantitative estimate of drug-likeness (QED) is 0.652. The lowest BCUT2D eigenvalue weighted by molar-refractivity contribution is 0.0509. The molecular formula is C19H27BrClFN2O3. The van der Waals surface area contributed by atoms with Crippen LogP contribution in [0.1, 0.15) is 33.6 Å². The van der Waals surface area contributed by atoms with Gasteiger partial charge < -0.3 is 14.8 Å². The fourth-order valence-electron chi connectivity index (χ4n) is 2.90. The van der Waals surface area contributed by atoms with Crippen molar-refractivity contribution in [2.75, 3.05) is 32.8 Å². The highest BCUT2D eigenvalue weighted by atomic mass is 79.9. The first-order chi connectivity index (χ1) is 12.6. The Morgan fingerprint density at radius 2 is 2.04 bits per heavy atom. The Kier molecular flexibility index (Phi) is 8.19. The second-order valence-electron chi connectivity index (χ2n) is 7.71. The van der Waals surface area contributed by atoms with E-state index in [1.54, 1.807) is 6.07 Å². The van der Waals surface area contributed by atoms with E-state index in [2.05, 4.69) is 26.1 Å². The fraction of sp³-hybridized carbons (Fsp3) is 0.632. The van der Waals surface area contributed by atoms with Crippen LogP contribution in [0.25, 0.3) is 0 Å².